The highest BCUT2D eigenvalue weighted by molar-refractivity contribution is 5.97. The van der Waals surface area contributed by atoms with Crippen LogP contribution in [0.5, 0.6) is 11.5 Å². The lowest BCUT2D eigenvalue weighted by molar-refractivity contribution is 0.0755. The third-order valence-corrected chi connectivity index (χ3v) is 4.14. The lowest BCUT2D eigenvalue weighted by atomic mass is 9.82. The lowest BCUT2D eigenvalue weighted by Crippen LogP contribution is -2.52. The largest absolute Gasteiger partial charge is 0.497 e. The summed E-state index contributed by atoms with van der Waals surface area (Å²) in [5, 5.41) is 12.7. The Kier molecular flexibility index (Phi) is 5.07. The second-order valence-corrected chi connectivity index (χ2v) is 5.52. The molecule has 1 saturated carbocycles. The van der Waals surface area contributed by atoms with Crippen LogP contribution in [-0.2, 0) is 0 Å². The van der Waals surface area contributed by atoms with Crippen LogP contribution in [-0.4, -0.2) is 37.4 Å². The van der Waals surface area contributed by atoms with Crippen molar-refractivity contribution in [3.8, 4) is 11.5 Å². The maximum atomic E-state index is 12.6. The number of nitrogens with one attached hydrogen (secondary N) is 1. The first kappa shape index (κ1) is 15.6. The van der Waals surface area contributed by atoms with Crippen LogP contribution in [0.2, 0.25) is 0 Å². The number of ether oxygens (including phenoxy) is 2. The first-order valence-corrected chi connectivity index (χ1v) is 7.29. The quantitative estimate of drug-likeness (QED) is 0.872. The third-order valence-electron chi connectivity index (χ3n) is 4.14. The summed E-state index contributed by atoms with van der Waals surface area (Å²) in [5.74, 6) is 0.863. The van der Waals surface area contributed by atoms with Crippen LogP contribution in [0.3, 0.4) is 0 Å². The summed E-state index contributed by atoms with van der Waals surface area (Å²) in [6.45, 7) is -0.0367. The summed E-state index contributed by atoms with van der Waals surface area (Å²) < 4.78 is 10.4. The molecule has 1 aliphatic carbocycles. The fraction of sp³-hybridized carbons (Fsp3) is 0.562. The van der Waals surface area contributed by atoms with Crippen molar-refractivity contribution in [1.29, 1.82) is 0 Å². The van der Waals surface area contributed by atoms with Crippen LogP contribution >= 0.6 is 0 Å². The summed E-state index contributed by atoms with van der Waals surface area (Å²) in [4.78, 5) is 12.6. The molecule has 21 heavy (non-hydrogen) atoms. The Balaban J connectivity index is 2.22. The van der Waals surface area contributed by atoms with E-state index < -0.39 is 5.54 Å². The molecular formula is C16H23NO4. The van der Waals surface area contributed by atoms with Crippen molar-refractivity contribution in [1.82, 2.24) is 5.32 Å². The molecule has 0 unspecified atom stereocenters. The standard InChI is InChI=1S/C16H23NO4/c1-20-12-6-7-14(21-2)13(10-12)15(19)17-16(11-18)8-4-3-5-9-16/h6-7,10,18H,3-5,8-9,11H2,1-2H3,(H,17,19). The number of aliphatic hydroxyl groups excluding tert-OH is 1. The molecule has 1 amide bonds. The van der Waals surface area contributed by atoms with Crippen molar-refractivity contribution >= 4 is 5.91 Å². The van der Waals surface area contributed by atoms with Crippen LogP contribution in [0.25, 0.3) is 0 Å². The van der Waals surface area contributed by atoms with Gasteiger partial charge in [-0.25, -0.2) is 0 Å². The Bertz CT molecular complexity index is 495. The van der Waals surface area contributed by atoms with E-state index in [-0.39, 0.29) is 12.5 Å². The average Bonchev–Trinajstić information content (AvgIpc) is 2.55. The summed E-state index contributed by atoms with van der Waals surface area (Å²) in [7, 11) is 3.08. The van der Waals surface area contributed by atoms with Crippen LogP contribution in [0.4, 0.5) is 0 Å². The zero-order valence-corrected chi connectivity index (χ0v) is 12.6. The van der Waals surface area contributed by atoms with Gasteiger partial charge in [0.05, 0.1) is 31.9 Å². The Morgan fingerprint density at radius 2 is 1.95 bits per heavy atom. The summed E-state index contributed by atoms with van der Waals surface area (Å²) >= 11 is 0. The van der Waals surface area contributed by atoms with Gasteiger partial charge in [0.15, 0.2) is 0 Å². The molecule has 0 atom stereocenters. The molecule has 0 bridgehead atoms. The molecule has 0 heterocycles. The maximum absolute atomic E-state index is 12.6. The first-order chi connectivity index (χ1) is 10.1. The Labute approximate surface area is 125 Å². The van der Waals surface area contributed by atoms with E-state index >= 15 is 0 Å². The number of aliphatic hydroxyl groups is 1. The first-order valence-electron chi connectivity index (χ1n) is 7.29. The molecule has 5 nitrogen and oxygen atoms in total. The minimum atomic E-state index is -0.510. The zero-order chi connectivity index (χ0) is 15.3. The predicted octanol–water partition coefficient (Wildman–Crippen LogP) is 2.13. The highest BCUT2D eigenvalue weighted by Gasteiger charge is 2.33. The van der Waals surface area contributed by atoms with Gasteiger partial charge >= 0.3 is 0 Å². The Morgan fingerprint density at radius 3 is 2.52 bits per heavy atom. The zero-order valence-electron chi connectivity index (χ0n) is 12.6. The van der Waals surface area contributed by atoms with E-state index in [2.05, 4.69) is 5.32 Å². The number of hydrogen-bond acceptors (Lipinski definition) is 4. The monoisotopic (exact) mass is 293 g/mol. The normalized spacial score (nSPS) is 17.1. The van der Waals surface area contributed by atoms with Gasteiger partial charge in [0.1, 0.15) is 11.5 Å². The van der Waals surface area contributed by atoms with Crippen molar-refractivity contribution in [2.24, 2.45) is 0 Å². The molecule has 0 spiro atoms. The van der Waals surface area contributed by atoms with Crippen LogP contribution in [0.15, 0.2) is 18.2 Å². The third kappa shape index (κ3) is 3.47. The second-order valence-electron chi connectivity index (χ2n) is 5.52. The number of carbonyl (C=O) groups excluding carboxylic acids is 1. The number of benzene rings is 1. The Morgan fingerprint density at radius 1 is 1.24 bits per heavy atom. The van der Waals surface area contributed by atoms with Crippen molar-refractivity contribution in [3.05, 3.63) is 23.8 Å². The van der Waals surface area contributed by atoms with Gasteiger partial charge in [-0.15, -0.1) is 0 Å². The second kappa shape index (κ2) is 6.80. The fourth-order valence-corrected chi connectivity index (χ4v) is 2.85. The van der Waals surface area contributed by atoms with Gasteiger partial charge in [0.25, 0.3) is 5.91 Å². The van der Waals surface area contributed by atoms with E-state index in [1.54, 1.807) is 25.3 Å². The van der Waals surface area contributed by atoms with Gasteiger partial charge in [-0.2, -0.15) is 0 Å². The molecular weight excluding hydrogens is 270 g/mol. The van der Waals surface area contributed by atoms with Gasteiger partial charge < -0.3 is 19.9 Å². The summed E-state index contributed by atoms with van der Waals surface area (Å²) in [6.07, 6.45) is 4.81. The van der Waals surface area contributed by atoms with Crippen LogP contribution < -0.4 is 14.8 Å². The van der Waals surface area contributed by atoms with Crippen molar-refractivity contribution in [3.63, 3.8) is 0 Å². The molecule has 5 heteroatoms. The van der Waals surface area contributed by atoms with Crippen LogP contribution in [0, 0.1) is 0 Å². The van der Waals surface area contributed by atoms with Gasteiger partial charge in [0, 0.05) is 0 Å². The molecule has 0 aliphatic heterocycles. The Hall–Kier alpha value is -1.75. The van der Waals surface area contributed by atoms with Gasteiger partial charge in [-0.1, -0.05) is 19.3 Å². The van der Waals surface area contributed by atoms with Gasteiger partial charge in [0.2, 0.25) is 0 Å². The molecule has 0 aromatic heterocycles. The highest BCUT2D eigenvalue weighted by atomic mass is 16.5. The van der Waals surface area contributed by atoms with Gasteiger partial charge in [-0.05, 0) is 31.0 Å². The number of amides is 1. The fourth-order valence-electron chi connectivity index (χ4n) is 2.85. The van der Waals surface area contributed by atoms with E-state index in [0.717, 1.165) is 32.1 Å². The minimum absolute atomic E-state index is 0.0367. The van der Waals surface area contributed by atoms with Crippen LogP contribution in [0.1, 0.15) is 42.5 Å². The van der Waals surface area contributed by atoms with E-state index in [9.17, 15) is 9.90 Å². The number of rotatable bonds is 5. The summed E-state index contributed by atoms with van der Waals surface area (Å²) in [5.41, 5.74) is -0.0843. The molecule has 2 N–H and O–H groups in total. The lowest BCUT2D eigenvalue weighted by Gasteiger charge is -2.36. The smallest absolute Gasteiger partial charge is 0.255 e. The van der Waals surface area contributed by atoms with Crippen molar-refractivity contribution in [2.45, 2.75) is 37.6 Å². The minimum Gasteiger partial charge on any atom is -0.497 e. The number of methoxy groups -OCH3 is 2. The maximum Gasteiger partial charge on any atom is 0.255 e. The molecule has 1 aliphatic rings. The molecule has 0 saturated heterocycles. The summed E-state index contributed by atoms with van der Waals surface area (Å²) in [6, 6.07) is 5.11. The number of carbonyl (C=O) groups is 1. The highest BCUT2D eigenvalue weighted by Crippen LogP contribution is 2.30. The molecule has 1 aromatic rings. The SMILES string of the molecule is COc1ccc(OC)c(C(=O)NC2(CO)CCCCC2)c1. The van der Waals surface area contributed by atoms with E-state index in [0.29, 0.717) is 17.1 Å². The van der Waals surface area contributed by atoms with E-state index in [4.69, 9.17) is 9.47 Å². The number of hydrogen-bond donors (Lipinski definition) is 2. The van der Waals surface area contributed by atoms with Gasteiger partial charge in [-0.3, -0.25) is 4.79 Å². The van der Waals surface area contributed by atoms with E-state index in [1.165, 1.54) is 7.11 Å². The molecule has 2 rings (SSSR count). The molecule has 0 radical (unpaired) electrons. The predicted molar refractivity (Wildman–Crippen MR) is 79.9 cm³/mol. The van der Waals surface area contributed by atoms with Crippen molar-refractivity contribution in [2.75, 3.05) is 20.8 Å². The van der Waals surface area contributed by atoms with E-state index in [1.807, 2.05) is 0 Å². The molecule has 1 aromatic carbocycles. The molecule has 116 valence electrons. The average molecular weight is 293 g/mol. The topological polar surface area (TPSA) is 67.8 Å². The molecule has 1 fully saturated rings. The van der Waals surface area contributed by atoms with Crippen molar-refractivity contribution < 1.29 is 19.4 Å².